The monoisotopic (exact) mass is 299 g/mol. The Labute approximate surface area is 129 Å². The van der Waals surface area contributed by atoms with Gasteiger partial charge in [-0.2, -0.15) is 0 Å². The Kier molecular flexibility index (Phi) is 4.20. The molecule has 0 aromatic heterocycles. The first-order valence-corrected chi connectivity index (χ1v) is 7.39. The van der Waals surface area contributed by atoms with Crippen LogP contribution in [0.1, 0.15) is 34.0 Å². The minimum atomic E-state index is -0.538. The lowest BCUT2D eigenvalue weighted by molar-refractivity contribution is 0.101. The van der Waals surface area contributed by atoms with E-state index in [4.69, 9.17) is 4.74 Å². The van der Waals surface area contributed by atoms with Crippen molar-refractivity contribution in [1.29, 1.82) is 0 Å². The molecule has 1 aliphatic rings. The Bertz CT molecular complexity index is 712. The van der Waals surface area contributed by atoms with Gasteiger partial charge in [0.2, 0.25) is 0 Å². The summed E-state index contributed by atoms with van der Waals surface area (Å²) in [6.45, 7) is 3.60. The molecular formula is C18H18FNO2. The van der Waals surface area contributed by atoms with Gasteiger partial charge in [-0.25, -0.2) is 4.39 Å². The highest BCUT2D eigenvalue weighted by Gasteiger charge is 2.13. The first-order chi connectivity index (χ1) is 10.6. The molecule has 3 rings (SSSR count). The van der Waals surface area contributed by atoms with E-state index in [1.54, 1.807) is 6.07 Å². The fraction of sp³-hybridized carbons (Fsp3) is 0.278. The number of rotatable bonds is 4. The number of hydrogen-bond donors (Lipinski definition) is 1. The van der Waals surface area contributed by atoms with Crippen molar-refractivity contribution >= 4 is 5.78 Å². The molecular weight excluding hydrogens is 281 g/mol. The number of ether oxygens (including phenoxy) is 1. The Morgan fingerprint density at radius 1 is 1.32 bits per heavy atom. The molecule has 0 bridgehead atoms. The van der Waals surface area contributed by atoms with Gasteiger partial charge >= 0.3 is 0 Å². The maximum absolute atomic E-state index is 13.8. The van der Waals surface area contributed by atoms with Crippen LogP contribution in [0.15, 0.2) is 36.4 Å². The topological polar surface area (TPSA) is 38.3 Å². The lowest BCUT2D eigenvalue weighted by Gasteiger charge is -2.20. The average Bonchev–Trinajstić information content (AvgIpc) is 2.52. The highest BCUT2D eigenvalue weighted by atomic mass is 19.1. The number of carbonyl (C=O) groups is 1. The summed E-state index contributed by atoms with van der Waals surface area (Å²) in [6, 6.07) is 10.6. The zero-order chi connectivity index (χ0) is 15.5. The standard InChI is InChI=1S/C18H18FNO2/c1-12(21)16-6-5-15(9-18(16)19)22-11-14-4-2-3-13-10-20-8-7-17(13)14/h2-6,9,20H,7-8,10-11H2,1H3. The Balaban J connectivity index is 1.76. The molecule has 0 saturated carbocycles. The fourth-order valence-electron chi connectivity index (χ4n) is 2.78. The molecule has 0 aliphatic carbocycles. The molecule has 22 heavy (non-hydrogen) atoms. The molecule has 4 heteroatoms. The summed E-state index contributed by atoms with van der Waals surface area (Å²) in [4.78, 5) is 11.2. The molecule has 2 aromatic carbocycles. The highest BCUT2D eigenvalue weighted by molar-refractivity contribution is 5.94. The number of nitrogens with one attached hydrogen (secondary N) is 1. The maximum atomic E-state index is 13.8. The number of carbonyl (C=O) groups excluding carboxylic acids is 1. The van der Waals surface area contributed by atoms with Crippen molar-refractivity contribution in [3.8, 4) is 5.75 Å². The number of hydrogen-bond acceptors (Lipinski definition) is 3. The van der Waals surface area contributed by atoms with Gasteiger partial charge in [0.15, 0.2) is 5.78 Å². The minimum Gasteiger partial charge on any atom is -0.489 e. The van der Waals surface area contributed by atoms with Crippen LogP contribution in [0, 0.1) is 5.82 Å². The molecule has 1 aliphatic heterocycles. The van der Waals surface area contributed by atoms with Gasteiger partial charge < -0.3 is 10.1 Å². The van der Waals surface area contributed by atoms with E-state index in [0.717, 1.165) is 25.1 Å². The Morgan fingerprint density at radius 2 is 2.18 bits per heavy atom. The smallest absolute Gasteiger partial charge is 0.162 e. The second kappa shape index (κ2) is 6.28. The average molecular weight is 299 g/mol. The summed E-state index contributed by atoms with van der Waals surface area (Å²) in [7, 11) is 0. The van der Waals surface area contributed by atoms with E-state index in [1.807, 2.05) is 12.1 Å². The molecule has 0 amide bonds. The first-order valence-electron chi connectivity index (χ1n) is 7.39. The van der Waals surface area contributed by atoms with E-state index in [0.29, 0.717) is 12.4 Å². The van der Waals surface area contributed by atoms with Crippen LogP contribution < -0.4 is 10.1 Å². The van der Waals surface area contributed by atoms with Crippen molar-refractivity contribution in [3.63, 3.8) is 0 Å². The van der Waals surface area contributed by atoms with Crippen molar-refractivity contribution in [3.05, 3.63) is 64.5 Å². The summed E-state index contributed by atoms with van der Waals surface area (Å²) in [5.74, 6) is -0.382. The third-order valence-electron chi connectivity index (χ3n) is 3.95. The normalized spacial score (nSPS) is 13.5. The second-order valence-electron chi connectivity index (χ2n) is 5.47. The van der Waals surface area contributed by atoms with Crippen LogP contribution in [0.25, 0.3) is 0 Å². The first kappa shape index (κ1) is 14.7. The lowest BCUT2D eigenvalue weighted by Crippen LogP contribution is -2.24. The van der Waals surface area contributed by atoms with Gasteiger partial charge in [0.1, 0.15) is 18.2 Å². The summed E-state index contributed by atoms with van der Waals surface area (Å²) >= 11 is 0. The molecule has 2 aromatic rings. The molecule has 114 valence electrons. The van der Waals surface area contributed by atoms with E-state index in [-0.39, 0.29) is 11.3 Å². The van der Waals surface area contributed by atoms with E-state index in [9.17, 15) is 9.18 Å². The predicted octanol–water partition coefficient (Wildman–Crippen LogP) is 3.25. The fourth-order valence-corrected chi connectivity index (χ4v) is 2.78. The molecule has 1 heterocycles. The SMILES string of the molecule is CC(=O)c1ccc(OCc2cccc3c2CCNC3)cc1F. The van der Waals surface area contributed by atoms with Gasteiger partial charge in [-0.15, -0.1) is 0 Å². The summed E-state index contributed by atoms with van der Waals surface area (Å²) < 4.78 is 19.5. The third-order valence-corrected chi connectivity index (χ3v) is 3.95. The zero-order valence-electron chi connectivity index (χ0n) is 12.5. The maximum Gasteiger partial charge on any atom is 0.162 e. The van der Waals surface area contributed by atoms with Crippen molar-refractivity contribution < 1.29 is 13.9 Å². The van der Waals surface area contributed by atoms with Crippen LogP contribution in [-0.2, 0) is 19.6 Å². The van der Waals surface area contributed by atoms with Gasteiger partial charge in [0, 0.05) is 12.6 Å². The van der Waals surface area contributed by atoms with E-state index in [2.05, 4.69) is 11.4 Å². The van der Waals surface area contributed by atoms with Crippen LogP contribution in [0.5, 0.6) is 5.75 Å². The van der Waals surface area contributed by atoms with Crippen LogP contribution in [0.3, 0.4) is 0 Å². The van der Waals surface area contributed by atoms with Crippen molar-refractivity contribution in [2.75, 3.05) is 6.54 Å². The van der Waals surface area contributed by atoms with Crippen LogP contribution in [-0.4, -0.2) is 12.3 Å². The Morgan fingerprint density at radius 3 is 2.95 bits per heavy atom. The van der Waals surface area contributed by atoms with E-state index < -0.39 is 5.82 Å². The quantitative estimate of drug-likeness (QED) is 0.881. The number of ketones is 1. The van der Waals surface area contributed by atoms with Crippen molar-refractivity contribution in [1.82, 2.24) is 5.32 Å². The van der Waals surface area contributed by atoms with Crippen molar-refractivity contribution in [2.45, 2.75) is 26.5 Å². The van der Waals surface area contributed by atoms with Crippen molar-refractivity contribution in [2.24, 2.45) is 0 Å². The van der Waals surface area contributed by atoms with Crippen LogP contribution in [0.2, 0.25) is 0 Å². The second-order valence-corrected chi connectivity index (χ2v) is 5.47. The highest BCUT2D eigenvalue weighted by Crippen LogP contribution is 2.22. The van der Waals surface area contributed by atoms with Crippen LogP contribution >= 0.6 is 0 Å². The molecule has 0 radical (unpaired) electrons. The number of halogens is 1. The third kappa shape index (κ3) is 3.02. The molecule has 3 nitrogen and oxygen atoms in total. The predicted molar refractivity (Wildman–Crippen MR) is 82.6 cm³/mol. The Hall–Kier alpha value is -2.20. The number of fused-ring (bicyclic) bond motifs is 1. The molecule has 0 atom stereocenters. The van der Waals surface area contributed by atoms with Crippen LogP contribution in [0.4, 0.5) is 4.39 Å². The van der Waals surface area contributed by atoms with Gasteiger partial charge in [-0.1, -0.05) is 18.2 Å². The summed E-state index contributed by atoms with van der Waals surface area (Å²) in [5.41, 5.74) is 3.85. The zero-order valence-corrected chi connectivity index (χ0v) is 12.5. The number of benzene rings is 2. The van der Waals surface area contributed by atoms with Gasteiger partial charge in [-0.05, 0) is 48.7 Å². The molecule has 1 N–H and O–H groups in total. The minimum absolute atomic E-state index is 0.0931. The summed E-state index contributed by atoms with van der Waals surface area (Å²) in [6.07, 6.45) is 0.979. The summed E-state index contributed by atoms with van der Waals surface area (Å²) in [5, 5.41) is 3.34. The number of Topliss-reactive ketones (excluding diaryl/α,β-unsaturated/α-hetero) is 1. The molecule has 0 fully saturated rings. The molecule has 0 spiro atoms. The van der Waals surface area contributed by atoms with E-state index >= 15 is 0 Å². The van der Waals surface area contributed by atoms with E-state index in [1.165, 1.54) is 30.2 Å². The van der Waals surface area contributed by atoms with Gasteiger partial charge in [0.05, 0.1) is 5.56 Å². The largest absolute Gasteiger partial charge is 0.489 e. The van der Waals surface area contributed by atoms with Gasteiger partial charge in [0.25, 0.3) is 0 Å². The lowest BCUT2D eigenvalue weighted by atomic mass is 9.96. The molecule has 0 unspecified atom stereocenters. The molecule has 0 saturated heterocycles. The van der Waals surface area contributed by atoms with Gasteiger partial charge in [-0.3, -0.25) is 4.79 Å².